The smallest absolute Gasteiger partial charge is 0.131 e. The van der Waals surface area contributed by atoms with E-state index >= 15 is 0 Å². The molecule has 0 bridgehead atoms. The van der Waals surface area contributed by atoms with Gasteiger partial charge in [0.1, 0.15) is 6.04 Å². The first-order chi connectivity index (χ1) is 8.70. The molecule has 0 saturated carbocycles. The first-order valence-corrected chi connectivity index (χ1v) is 6.79. The van der Waals surface area contributed by atoms with Gasteiger partial charge in [-0.1, -0.05) is 30.3 Å². The molecule has 1 N–H and O–H groups in total. The highest BCUT2D eigenvalue weighted by molar-refractivity contribution is 7.12. The fraction of sp³-hybridized carbons (Fsp3) is 0.267. The summed E-state index contributed by atoms with van der Waals surface area (Å²) >= 11 is 1.67. The summed E-state index contributed by atoms with van der Waals surface area (Å²) < 4.78 is 0. The van der Waals surface area contributed by atoms with Gasteiger partial charge in [-0.25, -0.2) is 0 Å². The number of nitrogens with zero attached hydrogens (tertiary/aromatic N) is 1. The van der Waals surface area contributed by atoms with Gasteiger partial charge in [0.15, 0.2) is 0 Å². The van der Waals surface area contributed by atoms with Gasteiger partial charge in [0.2, 0.25) is 0 Å². The van der Waals surface area contributed by atoms with Crippen LogP contribution in [0, 0.1) is 18.3 Å². The van der Waals surface area contributed by atoms with Crippen molar-refractivity contribution in [2.45, 2.75) is 25.9 Å². The lowest BCUT2D eigenvalue weighted by atomic mass is 10.1. The Labute approximate surface area is 112 Å². The minimum absolute atomic E-state index is 0.165. The van der Waals surface area contributed by atoms with Crippen LogP contribution in [0.1, 0.15) is 34.3 Å². The molecule has 18 heavy (non-hydrogen) atoms. The van der Waals surface area contributed by atoms with Crippen molar-refractivity contribution in [3.63, 3.8) is 0 Å². The Bertz CT molecular complexity index is 539. The molecule has 1 heterocycles. The predicted molar refractivity (Wildman–Crippen MR) is 75.4 cm³/mol. The van der Waals surface area contributed by atoms with Crippen LogP contribution in [0.5, 0.6) is 0 Å². The first-order valence-electron chi connectivity index (χ1n) is 5.97. The molecular weight excluding hydrogens is 240 g/mol. The number of hydrogen-bond acceptors (Lipinski definition) is 3. The van der Waals surface area contributed by atoms with Crippen molar-refractivity contribution in [1.29, 1.82) is 5.26 Å². The molecule has 0 spiro atoms. The molecule has 0 aliphatic rings. The van der Waals surface area contributed by atoms with Gasteiger partial charge in [0.25, 0.3) is 0 Å². The second-order valence-electron chi connectivity index (χ2n) is 4.31. The number of thiophene rings is 1. The van der Waals surface area contributed by atoms with Crippen LogP contribution >= 0.6 is 11.3 Å². The Hall–Kier alpha value is -1.63. The SMILES string of the molecule is Cc1ccc([C@@H](C#N)N[C@H](C)c2ccccc2)s1. The summed E-state index contributed by atoms with van der Waals surface area (Å²) in [6, 6.07) is 16.5. The standard InChI is InChI=1S/C15H16N2S/c1-11-8-9-15(18-11)14(10-16)17-12(2)13-6-4-3-5-7-13/h3-9,12,14,17H,1-2H3/t12-,14-/m1/s1. The molecule has 0 aliphatic heterocycles. The second-order valence-corrected chi connectivity index (χ2v) is 5.63. The van der Waals surface area contributed by atoms with E-state index in [4.69, 9.17) is 0 Å². The maximum atomic E-state index is 9.28. The fourth-order valence-electron chi connectivity index (χ4n) is 1.88. The molecule has 0 unspecified atom stereocenters. The zero-order chi connectivity index (χ0) is 13.0. The average Bonchev–Trinajstić information content (AvgIpc) is 2.83. The van der Waals surface area contributed by atoms with Gasteiger partial charge in [-0.05, 0) is 31.5 Å². The fourth-order valence-corrected chi connectivity index (χ4v) is 2.76. The molecule has 2 rings (SSSR count). The summed E-state index contributed by atoms with van der Waals surface area (Å²) in [7, 11) is 0. The van der Waals surface area contributed by atoms with Crippen LogP contribution in [0.2, 0.25) is 0 Å². The van der Waals surface area contributed by atoms with Crippen molar-refractivity contribution in [2.75, 3.05) is 0 Å². The highest BCUT2D eigenvalue weighted by Gasteiger charge is 2.15. The number of rotatable bonds is 4. The summed E-state index contributed by atoms with van der Waals surface area (Å²) in [5, 5.41) is 12.6. The summed E-state index contributed by atoms with van der Waals surface area (Å²) in [5.74, 6) is 0. The Morgan fingerprint density at radius 3 is 2.44 bits per heavy atom. The van der Waals surface area contributed by atoms with Crippen molar-refractivity contribution in [3.8, 4) is 6.07 Å². The molecule has 0 fully saturated rings. The third-order valence-electron chi connectivity index (χ3n) is 2.89. The van der Waals surface area contributed by atoms with E-state index in [1.165, 1.54) is 10.4 Å². The zero-order valence-electron chi connectivity index (χ0n) is 10.6. The normalized spacial score (nSPS) is 13.8. The van der Waals surface area contributed by atoms with Crippen molar-refractivity contribution < 1.29 is 0 Å². The van der Waals surface area contributed by atoms with Crippen molar-refractivity contribution >= 4 is 11.3 Å². The van der Waals surface area contributed by atoms with Gasteiger partial charge in [0, 0.05) is 15.8 Å². The van der Waals surface area contributed by atoms with Crippen LogP contribution in [0.15, 0.2) is 42.5 Å². The first kappa shape index (κ1) is 12.8. The quantitative estimate of drug-likeness (QED) is 0.898. The predicted octanol–water partition coefficient (Wildman–Crippen LogP) is 3.97. The molecule has 0 aliphatic carbocycles. The van der Waals surface area contributed by atoms with Crippen LogP contribution in [-0.4, -0.2) is 0 Å². The molecule has 92 valence electrons. The number of hydrogen-bond donors (Lipinski definition) is 1. The minimum Gasteiger partial charge on any atom is -0.291 e. The van der Waals surface area contributed by atoms with E-state index < -0.39 is 0 Å². The second kappa shape index (κ2) is 5.81. The van der Waals surface area contributed by atoms with Crippen LogP contribution in [0.4, 0.5) is 0 Å². The van der Waals surface area contributed by atoms with Gasteiger partial charge >= 0.3 is 0 Å². The van der Waals surface area contributed by atoms with E-state index in [1.807, 2.05) is 24.3 Å². The lowest BCUT2D eigenvalue weighted by Gasteiger charge is -2.17. The van der Waals surface area contributed by atoms with Crippen LogP contribution in [-0.2, 0) is 0 Å². The summed E-state index contributed by atoms with van der Waals surface area (Å²) in [4.78, 5) is 2.32. The number of benzene rings is 1. The van der Waals surface area contributed by atoms with Crippen molar-refractivity contribution in [2.24, 2.45) is 0 Å². The lowest BCUT2D eigenvalue weighted by Crippen LogP contribution is -2.22. The molecule has 2 atom stereocenters. The number of aryl methyl sites for hydroxylation is 1. The maximum absolute atomic E-state index is 9.28. The highest BCUT2D eigenvalue weighted by atomic mass is 32.1. The molecule has 0 radical (unpaired) electrons. The monoisotopic (exact) mass is 256 g/mol. The molecule has 1 aromatic carbocycles. The molecule has 0 saturated heterocycles. The van der Waals surface area contributed by atoms with Gasteiger partial charge < -0.3 is 0 Å². The van der Waals surface area contributed by atoms with E-state index in [2.05, 4.69) is 43.4 Å². The lowest BCUT2D eigenvalue weighted by molar-refractivity contribution is 0.538. The molecule has 0 amide bonds. The van der Waals surface area contributed by atoms with Gasteiger partial charge in [-0.15, -0.1) is 11.3 Å². The summed E-state index contributed by atoms with van der Waals surface area (Å²) in [6.07, 6.45) is 0. The van der Waals surface area contributed by atoms with Crippen LogP contribution < -0.4 is 5.32 Å². The average molecular weight is 256 g/mol. The molecule has 1 aromatic heterocycles. The third kappa shape index (κ3) is 2.98. The van der Waals surface area contributed by atoms with E-state index in [9.17, 15) is 5.26 Å². The van der Waals surface area contributed by atoms with Crippen molar-refractivity contribution in [3.05, 3.63) is 57.8 Å². The van der Waals surface area contributed by atoms with E-state index in [0.29, 0.717) is 0 Å². The highest BCUT2D eigenvalue weighted by Crippen LogP contribution is 2.25. The Kier molecular flexibility index (Phi) is 4.14. The van der Waals surface area contributed by atoms with E-state index in [0.717, 1.165) is 4.88 Å². The molecule has 2 aromatic rings. The largest absolute Gasteiger partial charge is 0.291 e. The summed E-state index contributed by atoms with van der Waals surface area (Å²) in [6.45, 7) is 4.14. The molecule has 2 nitrogen and oxygen atoms in total. The van der Waals surface area contributed by atoms with Crippen LogP contribution in [0.3, 0.4) is 0 Å². The van der Waals surface area contributed by atoms with Gasteiger partial charge in [-0.3, -0.25) is 5.32 Å². The number of nitriles is 1. The molecular formula is C15H16N2S. The van der Waals surface area contributed by atoms with E-state index in [-0.39, 0.29) is 12.1 Å². The van der Waals surface area contributed by atoms with Gasteiger partial charge in [0.05, 0.1) is 6.07 Å². The Morgan fingerprint density at radius 1 is 1.17 bits per heavy atom. The minimum atomic E-state index is -0.237. The topological polar surface area (TPSA) is 35.8 Å². The number of nitrogens with one attached hydrogen (secondary N) is 1. The Balaban J connectivity index is 2.10. The zero-order valence-corrected chi connectivity index (χ0v) is 11.4. The van der Waals surface area contributed by atoms with Crippen LogP contribution in [0.25, 0.3) is 0 Å². The van der Waals surface area contributed by atoms with Gasteiger partial charge in [-0.2, -0.15) is 5.26 Å². The summed E-state index contributed by atoms with van der Waals surface area (Å²) in [5.41, 5.74) is 1.20. The maximum Gasteiger partial charge on any atom is 0.131 e. The van der Waals surface area contributed by atoms with Crippen molar-refractivity contribution in [1.82, 2.24) is 5.32 Å². The Morgan fingerprint density at radius 2 is 1.89 bits per heavy atom. The third-order valence-corrected chi connectivity index (χ3v) is 3.96. The van der Waals surface area contributed by atoms with E-state index in [1.54, 1.807) is 11.3 Å². The molecule has 3 heteroatoms.